The predicted octanol–water partition coefficient (Wildman–Crippen LogP) is 1.92. The topological polar surface area (TPSA) is 108 Å². The second-order valence-corrected chi connectivity index (χ2v) is 7.39. The summed E-state index contributed by atoms with van der Waals surface area (Å²) >= 11 is 0. The number of hydrogen-bond donors (Lipinski definition) is 2. The highest BCUT2D eigenvalue weighted by Gasteiger charge is 2.22. The molecule has 0 aliphatic carbocycles. The standard InChI is InChI=1S/C15H21N3O4S/c1-11(8-9-22-3)17-15(19)18-13-4-6-14(7-5-13)23(20,21)12(2)10-16/h4-7,11-12H,8-9H2,1-3H3,(H2,17,18,19)/t11-,12+/m1/s1. The Morgan fingerprint density at radius 3 is 2.43 bits per heavy atom. The third-order valence-corrected chi connectivity index (χ3v) is 5.19. The zero-order valence-electron chi connectivity index (χ0n) is 13.4. The van der Waals surface area contributed by atoms with E-state index < -0.39 is 15.1 Å². The van der Waals surface area contributed by atoms with Gasteiger partial charge < -0.3 is 15.4 Å². The van der Waals surface area contributed by atoms with Crippen molar-refractivity contribution in [2.75, 3.05) is 19.0 Å². The molecule has 0 aliphatic rings. The largest absolute Gasteiger partial charge is 0.385 e. The Bertz CT molecular complexity index is 665. The molecule has 2 atom stereocenters. The first-order chi connectivity index (χ1) is 10.8. The molecule has 23 heavy (non-hydrogen) atoms. The second kappa shape index (κ2) is 8.50. The molecule has 0 heterocycles. The maximum atomic E-state index is 12.0. The predicted molar refractivity (Wildman–Crippen MR) is 86.8 cm³/mol. The highest BCUT2D eigenvalue weighted by Crippen LogP contribution is 2.18. The Morgan fingerprint density at radius 1 is 1.30 bits per heavy atom. The van der Waals surface area contributed by atoms with Crippen molar-refractivity contribution in [2.24, 2.45) is 0 Å². The summed E-state index contributed by atoms with van der Waals surface area (Å²) in [6.07, 6.45) is 0.688. The number of nitrogens with one attached hydrogen (secondary N) is 2. The van der Waals surface area contributed by atoms with Gasteiger partial charge in [-0.2, -0.15) is 5.26 Å². The van der Waals surface area contributed by atoms with E-state index in [4.69, 9.17) is 10.00 Å². The van der Waals surface area contributed by atoms with Crippen LogP contribution in [0.5, 0.6) is 0 Å². The van der Waals surface area contributed by atoms with Crippen molar-refractivity contribution >= 4 is 21.6 Å². The molecule has 0 saturated heterocycles. The maximum absolute atomic E-state index is 12.0. The van der Waals surface area contributed by atoms with Gasteiger partial charge in [0.05, 0.1) is 11.0 Å². The number of anilines is 1. The molecule has 0 unspecified atom stereocenters. The van der Waals surface area contributed by atoms with Gasteiger partial charge in [0.15, 0.2) is 9.84 Å². The van der Waals surface area contributed by atoms with Crippen molar-refractivity contribution < 1.29 is 17.9 Å². The third kappa shape index (κ3) is 5.54. The van der Waals surface area contributed by atoms with Crippen LogP contribution in [0.3, 0.4) is 0 Å². The molecule has 1 aromatic rings. The maximum Gasteiger partial charge on any atom is 0.319 e. The summed E-state index contributed by atoms with van der Waals surface area (Å²) in [5.74, 6) is 0. The number of urea groups is 1. The molecule has 1 rings (SSSR count). The summed E-state index contributed by atoms with van der Waals surface area (Å²) in [7, 11) is -2.07. The molecule has 2 amide bonds. The van der Waals surface area contributed by atoms with Crippen molar-refractivity contribution in [2.45, 2.75) is 36.5 Å². The Morgan fingerprint density at radius 2 is 1.91 bits per heavy atom. The van der Waals surface area contributed by atoms with Crippen LogP contribution in [0.1, 0.15) is 20.3 Å². The van der Waals surface area contributed by atoms with E-state index in [1.807, 2.05) is 6.92 Å². The lowest BCUT2D eigenvalue weighted by Crippen LogP contribution is -2.36. The van der Waals surface area contributed by atoms with Crippen molar-refractivity contribution in [1.82, 2.24) is 5.32 Å². The normalized spacial score (nSPS) is 13.7. The van der Waals surface area contributed by atoms with Crippen molar-refractivity contribution in [3.8, 4) is 6.07 Å². The van der Waals surface area contributed by atoms with Crippen molar-refractivity contribution in [3.05, 3.63) is 24.3 Å². The van der Waals surface area contributed by atoms with Crippen LogP contribution in [0.15, 0.2) is 29.2 Å². The molecule has 2 N–H and O–H groups in total. The number of benzene rings is 1. The molecule has 0 bridgehead atoms. The molecule has 0 aliphatic heterocycles. The number of amides is 2. The summed E-state index contributed by atoms with van der Waals surface area (Å²) in [5, 5.41) is 13.0. The lowest BCUT2D eigenvalue weighted by molar-refractivity contribution is 0.185. The zero-order valence-corrected chi connectivity index (χ0v) is 14.2. The van der Waals surface area contributed by atoms with E-state index in [0.29, 0.717) is 18.7 Å². The average molecular weight is 339 g/mol. The van der Waals surface area contributed by atoms with E-state index in [9.17, 15) is 13.2 Å². The summed E-state index contributed by atoms with van der Waals surface area (Å²) < 4.78 is 29.0. The molecular formula is C15H21N3O4S. The monoisotopic (exact) mass is 339 g/mol. The lowest BCUT2D eigenvalue weighted by Gasteiger charge is -2.14. The van der Waals surface area contributed by atoms with Gasteiger partial charge in [0.2, 0.25) is 0 Å². The van der Waals surface area contributed by atoms with Gasteiger partial charge in [-0.05, 0) is 44.5 Å². The molecule has 7 nitrogen and oxygen atoms in total. The van der Waals surface area contributed by atoms with Gasteiger partial charge in [0.1, 0.15) is 5.25 Å². The van der Waals surface area contributed by atoms with Gasteiger partial charge >= 0.3 is 6.03 Å². The van der Waals surface area contributed by atoms with Crippen LogP contribution >= 0.6 is 0 Å². The Kier molecular flexibility index (Phi) is 7.00. The van der Waals surface area contributed by atoms with Gasteiger partial charge in [0.25, 0.3) is 0 Å². The molecular weight excluding hydrogens is 318 g/mol. The fraction of sp³-hybridized carbons (Fsp3) is 0.467. The second-order valence-electron chi connectivity index (χ2n) is 5.12. The highest BCUT2D eigenvalue weighted by molar-refractivity contribution is 7.92. The molecule has 126 valence electrons. The Hall–Kier alpha value is -2.11. The van der Waals surface area contributed by atoms with Crippen LogP contribution in [-0.4, -0.2) is 39.5 Å². The number of methoxy groups -OCH3 is 1. The molecule has 0 spiro atoms. The Balaban J connectivity index is 2.68. The molecule has 0 radical (unpaired) electrons. The number of hydrogen-bond acceptors (Lipinski definition) is 5. The molecule has 0 aromatic heterocycles. The fourth-order valence-corrected chi connectivity index (χ4v) is 2.82. The van der Waals surface area contributed by atoms with Gasteiger partial charge in [0, 0.05) is 25.4 Å². The van der Waals surface area contributed by atoms with Crippen LogP contribution in [0.25, 0.3) is 0 Å². The quantitative estimate of drug-likeness (QED) is 0.789. The number of nitrogens with zero attached hydrogens (tertiary/aromatic N) is 1. The van der Waals surface area contributed by atoms with E-state index in [0.717, 1.165) is 0 Å². The number of sulfone groups is 1. The Labute approximate surface area is 136 Å². The summed E-state index contributed by atoms with van der Waals surface area (Å²) in [5.41, 5.74) is 0.463. The number of carbonyl (C=O) groups is 1. The van der Waals surface area contributed by atoms with Crippen LogP contribution in [-0.2, 0) is 14.6 Å². The van der Waals surface area contributed by atoms with E-state index in [2.05, 4.69) is 10.6 Å². The van der Waals surface area contributed by atoms with Gasteiger partial charge in [-0.1, -0.05) is 0 Å². The van der Waals surface area contributed by atoms with Crippen molar-refractivity contribution in [3.63, 3.8) is 0 Å². The van der Waals surface area contributed by atoms with Crippen LogP contribution in [0.2, 0.25) is 0 Å². The van der Waals surface area contributed by atoms with Crippen LogP contribution in [0, 0.1) is 11.3 Å². The minimum atomic E-state index is -3.67. The van der Waals surface area contributed by atoms with E-state index in [-0.39, 0.29) is 17.0 Å². The molecule has 8 heteroatoms. The van der Waals surface area contributed by atoms with Crippen LogP contribution in [0.4, 0.5) is 10.5 Å². The fourth-order valence-electron chi connectivity index (χ4n) is 1.76. The average Bonchev–Trinajstić information content (AvgIpc) is 2.52. The highest BCUT2D eigenvalue weighted by atomic mass is 32.2. The number of carbonyl (C=O) groups excluding carboxylic acids is 1. The van der Waals surface area contributed by atoms with Gasteiger partial charge in [-0.25, -0.2) is 13.2 Å². The number of ether oxygens (including phenoxy) is 1. The van der Waals surface area contributed by atoms with Crippen LogP contribution < -0.4 is 10.6 Å². The zero-order chi connectivity index (χ0) is 17.5. The van der Waals surface area contributed by atoms with Gasteiger partial charge in [-0.15, -0.1) is 0 Å². The number of rotatable bonds is 7. The summed E-state index contributed by atoms with van der Waals surface area (Å²) in [6.45, 7) is 3.74. The first-order valence-electron chi connectivity index (χ1n) is 7.11. The first kappa shape index (κ1) is 18.9. The summed E-state index contributed by atoms with van der Waals surface area (Å²) in [6, 6.07) is 6.98. The van der Waals surface area contributed by atoms with E-state index in [1.54, 1.807) is 13.2 Å². The first-order valence-corrected chi connectivity index (χ1v) is 8.66. The summed E-state index contributed by atoms with van der Waals surface area (Å²) in [4.78, 5) is 11.8. The smallest absolute Gasteiger partial charge is 0.319 e. The lowest BCUT2D eigenvalue weighted by atomic mass is 10.2. The number of nitriles is 1. The molecule has 1 aromatic carbocycles. The molecule has 0 saturated carbocycles. The third-order valence-electron chi connectivity index (χ3n) is 3.22. The molecule has 0 fully saturated rings. The SMILES string of the molecule is COCC[C@@H](C)NC(=O)Nc1ccc(S(=O)(=O)[C@@H](C)C#N)cc1. The minimum Gasteiger partial charge on any atom is -0.385 e. The van der Waals surface area contributed by atoms with E-state index >= 15 is 0 Å². The van der Waals surface area contributed by atoms with Gasteiger partial charge in [-0.3, -0.25) is 0 Å². The van der Waals surface area contributed by atoms with E-state index in [1.165, 1.54) is 31.2 Å². The van der Waals surface area contributed by atoms with Crippen molar-refractivity contribution in [1.29, 1.82) is 5.26 Å². The minimum absolute atomic E-state index is 0.0472.